The van der Waals surface area contributed by atoms with E-state index in [9.17, 15) is 0 Å². The van der Waals surface area contributed by atoms with Crippen molar-refractivity contribution in [3.63, 3.8) is 0 Å². The Labute approximate surface area is 95.3 Å². The van der Waals surface area contributed by atoms with Crippen LogP contribution in [0.4, 0.5) is 0 Å². The molecule has 0 bridgehead atoms. The van der Waals surface area contributed by atoms with Crippen LogP contribution in [0.15, 0.2) is 18.2 Å². The van der Waals surface area contributed by atoms with Gasteiger partial charge in [-0.3, -0.25) is 0 Å². The summed E-state index contributed by atoms with van der Waals surface area (Å²) in [5.41, 5.74) is 2.70. The highest BCUT2D eigenvalue weighted by Gasteiger charge is 2.08. The molecule has 82 valence electrons. The third-order valence-electron chi connectivity index (χ3n) is 2.62. The molecule has 0 aliphatic rings. The maximum Gasteiger partial charge on any atom is 0.106 e. The fourth-order valence-electron chi connectivity index (χ4n) is 1.92. The van der Waals surface area contributed by atoms with E-state index in [2.05, 4.69) is 29.5 Å². The Balaban J connectivity index is 2.58. The number of hydrogen-bond donors (Lipinski definition) is 0. The fourth-order valence-corrected chi connectivity index (χ4v) is 1.92. The standard InChI is InChI=1S/C13H15N3/c1-9(2)8-16-10(3)15-12-6-11(7-14)4-5-13(12)16/h4-6,9H,8H2,1-3H3. The highest BCUT2D eigenvalue weighted by molar-refractivity contribution is 5.77. The van der Waals surface area contributed by atoms with Gasteiger partial charge in [-0.05, 0) is 31.0 Å². The van der Waals surface area contributed by atoms with Gasteiger partial charge in [0.2, 0.25) is 0 Å². The van der Waals surface area contributed by atoms with Crippen LogP contribution in [0.25, 0.3) is 11.0 Å². The summed E-state index contributed by atoms with van der Waals surface area (Å²) in [6.07, 6.45) is 0. The molecule has 1 aromatic heterocycles. The van der Waals surface area contributed by atoms with Crippen LogP contribution in [0.2, 0.25) is 0 Å². The van der Waals surface area contributed by atoms with Crippen molar-refractivity contribution in [2.75, 3.05) is 0 Å². The number of rotatable bonds is 2. The summed E-state index contributed by atoms with van der Waals surface area (Å²) >= 11 is 0. The number of benzene rings is 1. The monoisotopic (exact) mass is 213 g/mol. The third kappa shape index (κ3) is 1.79. The lowest BCUT2D eigenvalue weighted by Gasteiger charge is -2.09. The van der Waals surface area contributed by atoms with E-state index >= 15 is 0 Å². The molecule has 16 heavy (non-hydrogen) atoms. The molecule has 0 spiro atoms. The Hall–Kier alpha value is -1.82. The summed E-state index contributed by atoms with van der Waals surface area (Å²) in [4.78, 5) is 4.49. The summed E-state index contributed by atoms with van der Waals surface area (Å²) in [5.74, 6) is 1.60. The highest BCUT2D eigenvalue weighted by atomic mass is 15.1. The fraction of sp³-hybridized carbons (Fsp3) is 0.385. The lowest BCUT2D eigenvalue weighted by atomic mass is 10.2. The minimum absolute atomic E-state index is 0.590. The topological polar surface area (TPSA) is 41.6 Å². The Morgan fingerprint density at radius 1 is 1.44 bits per heavy atom. The first-order valence-electron chi connectivity index (χ1n) is 5.49. The first-order valence-corrected chi connectivity index (χ1v) is 5.49. The molecule has 0 saturated heterocycles. The van der Waals surface area contributed by atoms with Crippen LogP contribution in [0.3, 0.4) is 0 Å². The zero-order chi connectivity index (χ0) is 11.7. The average Bonchev–Trinajstić information content (AvgIpc) is 2.54. The summed E-state index contributed by atoms with van der Waals surface area (Å²) in [7, 11) is 0. The van der Waals surface area contributed by atoms with Gasteiger partial charge >= 0.3 is 0 Å². The molecule has 3 nitrogen and oxygen atoms in total. The van der Waals surface area contributed by atoms with Gasteiger partial charge in [0.1, 0.15) is 5.82 Å². The second kappa shape index (κ2) is 3.97. The largest absolute Gasteiger partial charge is 0.328 e. The molecule has 0 unspecified atom stereocenters. The van der Waals surface area contributed by atoms with Gasteiger partial charge in [-0.15, -0.1) is 0 Å². The van der Waals surface area contributed by atoms with E-state index in [0.717, 1.165) is 23.4 Å². The molecule has 0 saturated carbocycles. The molecule has 3 heteroatoms. The Kier molecular flexibility index (Phi) is 2.66. The minimum atomic E-state index is 0.590. The average molecular weight is 213 g/mol. The lowest BCUT2D eigenvalue weighted by molar-refractivity contribution is 0.524. The van der Waals surface area contributed by atoms with Crippen LogP contribution in [0.5, 0.6) is 0 Å². The van der Waals surface area contributed by atoms with Crippen molar-refractivity contribution in [2.24, 2.45) is 5.92 Å². The zero-order valence-electron chi connectivity index (χ0n) is 9.86. The number of aromatic nitrogens is 2. The number of nitrogens with zero attached hydrogens (tertiary/aromatic N) is 3. The molecular formula is C13H15N3. The van der Waals surface area contributed by atoms with E-state index in [1.54, 1.807) is 0 Å². The van der Waals surface area contributed by atoms with Crippen molar-refractivity contribution in [1.29, 1.82) is 5.26 Å². The molecule has 0 aliphatic heterocycles. The summed E-state index contributed by atoms with van der Waals surface area (Å²) in [6, 6.07) is 7.82. The maximum atomic E-state index is 8.83. The highest BCUT2D eigenvalue weighted by Crippen LogP contribution is 2.18. The lowest BCUT2D eigenvalue weighted by Crippen LogP contribution is -2.05. The molecule has 0 atom stereocenters. The summed E-state index contributed by atoms with van der Waals surface area (Å²) in [6.45, 7) is 7.35. The van der Waals surface area contributed by atoms with Gasteiger partial charge in [-0.2, -0.15) is 5.26 Å². The van der Waals surface area contributed by atoms with Crippen molar-refractivity contribution in [3.05, 3.63) is 29.6 Å². The predicted molar refractivity (Wildman–Crippen MR) is 64.0 cm³/mol. The molecular weight excluding hydrogens is 198 g/mol. The van der Waals surface area contributed by atoms with Gasteiger partial charge in [-0.25, -0.2) is 4.98 Å². The number of nitriles is 1. The number of hydrogen-bond acceptors (Lipinski definition) is 2. The van der Waals surface area contributed by atoms with Gasteiger partial charge in [-0.1, -0.05) is 13.8 Å². The molecule has 2 aromatic rings. The Bertz CT molecular complexity index is 558. The second-order valence-electron chi connectivity index (χ2n) is 4.48. The van der Waals surface area contributed by atoms with E-state index in [1.165, 1.54) is 0 Å². The molecule has 0 aliphatic carbocycles. The summed E-state index contributed by atoms with van der Waals surface area (Å²) in [5, 5.41) is 8.83. The number of imidazole rings is 1. The maximum absolute atomic E-state index is 8.83. The van der Waals surface area contributed by atoms with Gasteiger partial charge in [0.15, 0.2) is 0 Å². The SMILES string of the molecule is Cc1nc2cc(C#N)ccc2n1CC(C)C. The Morgan fingerprint density at radius 2 is 2.19 bits per heavy atom. The summed E-state index contributed by atoms with van der Waals surface area (Å²) < 4.78 is 2.21. The van der Waals surface area contributed by atoms with Crippen LogP contribution in [-0.4, -0.2) is 9.55 Å². The minimum Gasteiger partial charge on any atom is -0.328 e. The smallest absolute Gasteiger partial charge is 0.106 e. The van der Waals surface area contributed by atoms with Crippen LogP contribution in [0, 0.1) is 24.2 Å². The van der Waals surface area contributed by atoms with Crippen LogP contribution < -0.4 is 0 Å². The van der Waals surface area contributed by atoms with Gasteiger partial charge in [0.25, 0.3) is 0 Å². The van der Waals surface area contributed by atoms with E-state index in [4.69, 9.17) is 5.26 Å². The van der Waals surface area contributed by atoms with Gasteiger partial charge in [0.05, 0.1) is 22.7 Å². The first kappa shape index (κ1) is 10.7. The second-order valence-corrected chi connectivity index (χ2v) is 4.48. The van der Waals surface area contributed by atoms with Crippen molar-refractivity contribution in [1.82, 2.24) is 9.55 Å². The van der Waals surface area contributed by atoms with E-state index in [-0.39, 0.29) is 0 Å². The van der Waals surface area contributed by atoms with Gasteiger partial charge in [0, 0.05) is 6.54 Å². The predicted octanol–water partition coefficient (Wildman–Crippen LogP) is 2.87. The zero-order valence-corrected chi connectivity index (χ0v) is 9.86. The number of fused-ring (bicyclic) bond motifs is 1. The molecule has 0 N–H and O–H groups in total. The van der Waals surface area contributed by atoms with E-state index in [1.807, 2.05) is 25.1 Å². The van der Waals surface area contributed by atoms with Crippen LogP contribution >= 0.6 is 0 Å². The van der Waals surface area contributed by atoms with E-state index in [0.29, 0.717) is 11.5 Å². The Morgan fingerprint density at radius 3 is 2.81 bits per heavy atom. The van der Waals surface area contributed by atoms with Crippen molar-refractivity contribution in [3.8, 4) is 6.07 Å². The van der Waals surface area contributed by atoms with E-state index < -0.39 is 0 Å². The molecule has 0 fully saturated rings. The van der Waals surface area contributed by atoms with Crippen molar-refractivity contribution < 1.29 is 0 Å². The molecule has 0 radical (unpaired) electrons. The van der Waals surface area contributed by atoms with Crippen LogP contribution in [-0.2, 0) is 6.54 Å². The van der Waals surface area contributed by atoms with Gasteiger partial charge < -0.3 is 4.57 Å². The van der Waals surface area contributed by atoms with Crippen molar-refractivity contribution in [2.45, 2.75) is 27.3 Å². The molecule has 1 heterocycles. The normalized spacial score (nSPS) is 10.9. The molecule has 1 aromatic carbocycles. The quantitative estimate of drug-likeness (QED) is 0.769. The molecule has 0 amide bonds. The first-order chi connectivity index (χ1) is 7.61. The van der Waals surface area contributed by atoms with Crippen LogP contribution in [0.1, 0.15) is 25.2 Å². The third-order valence-corrected chi connectivity index (χ3v) is 2.62. The molecule has 2 rings (SSSR count). The number of aryl methyl sites for hydroxylation is 1. The van der Waals surface area contributed by atoms with Crippen molar-refractivity contribution >= 4 is 11.0 Å².